The molecule has 2 unspecified atom stereocenters. The lowest BCUT2D eigenvalue weighted by atomic mass is 9.78. The fraction of sp³-hybridized carbons (Fsp3) is 0.440. The molecule has 0 spiro atoms. The lowest BCUT2D eigenvalue weighted by Gasteiger charge is -2.36. The van der Waals surface area contributed by atoms with Gasteiger partial charge in [0.2, 0.25) is 5.69 Å². The molecule has 84 heavy (non-hydrogen) atoms. The molecule has 0 N–H and O–H groups in total. The number of benzene rings is 6. The molecule has 2 atom stereocenters. The van der Waals surface area contributed by atoms with Crippen molar-refractivity contribution >= 4 is 67.3 Å². The summed E-state index contributed by atoms with van der Waals surface area (Å²) in [6.07, 6.45) is 14.6. The van der Waals surface area contributed by atoms with Crippen LogP contribution in [0.15, 0.2) is 168 Å². The van der Waals surface area contributed by atoms with Crippen molar-refractivity contribution in [3.8, 4) is 0 Å². The van der Waals surface area contributed by atoms with Gasteiger partial charge in [-0.3, -0.25) is 9.69 Å². The molecule has 6 aromatic rings. The van der Waals surface area contributed by atoms with Crippen LogP contribution in [0.1, 0.15) is 147 Å². The average molecular weight is 1130 g/mol. The van der Waals surface area contributed by atoms with Gasteiger partial charge in [-0.1, -0.05) is 88.4 Å². The summed E-state index contributed by atoms with van der Waals surface area (Å²) in [5.74, 6) is 0.849. The van der Waals surface area contributed by atoms with Gasteiger partial charge in [0.15, 0.2) is 5.71 Å². The Balaban J connectivity index is 0.979. The van der Waals surface area contributed by atoms with E-state index in [1.807, 2.05) is 24.3 Å². The fourth-order valence-corrected chi connectivity index (χ4v) is 13.4. The normalized spacial score (nSPS) is 18.0. The first kappa shape index (κ1) is 61.6. The molecule has 0 bridgehead atoms. The Morgan fingerprint density at radius 1 is 0.631 bits per heavy atom. The topological polar surface area (TPSA) is 60.7 Å². The Morgan fingerprint density at radius 2 is 1.19 bits per heavy atom. The quantitative estimate of drug-likeness (QED) is 0.0529. The molecule has 444 valence electrons. The van der Waals surface area contributed by atoms with E-state index in [0.717, 1.165) is 93.5 Å². The Morgan fingerprint density at radius 3 is 1.75 bits per heavy atom. The maximum atomic E-state index is 14.5. The summed E-state index contributed by atoms with van der Waals surface area (Å²) in [5.41, 5.74) is 12.7. The van der Waals surface area contributed by atoms with Gasteiger partial charge in [-0.25, -0.2) is 0 Å². The van der Waals surface area contributed by atoms with Crippen molar-refractivity contribution in [2.75, 3.05) is 78.7 Å². The summed E-state index contributed by atoms with van der Waals surface area (Å²) in [5, 5.41) is 5.19. The second-order valence-corrected chi connectivity index (χ2v) is 24.7. The van der Waals surface area contributed by atoms with Gasteiger partial charge in [0.05, 0.1) is 24.2 Å². The predicted molar refractivity (Wildman–Crippen MR) is 356 cm³/mol. The van der Waals surface area contributed by atoms with E-state index < -0.39 is 11.2 Å². The highest BCUT2D eigenvalue weighted by molar-refractivity contribution is 6.08. The number of carbonyl (C=O) groups excluding carboxylic acids is 1. The van der Waals surface area contributed by atoms with E-state index in [2.05, 4.69) is 238 Å². The van der Waals surface area contributed by atoms with Crippen molar-refractivity contribution in [3.05, 3.63) is 179 Å². The monoisotopic (exact) mass is 1130 g/mol. The molecule has 9 nitrogen and oxygen atoms in total. The van der Waals surface area contributed by atoms with Crippen molar-refractivity contribution in [1.82, 2.24) is 0 Å². The lowest BCUT2D eigenvalue weighted by molar-refractivity contribution is -0.433. The standard InChI is InChI=1S/C75H96N5O4/c1-15-74(13,50-51-83-75(14,16-2)53-82-52-68(81)80(60-42-38-58(39-43-60)76(17-3)18-4)61-44-40-59(41-45-61)77(19-5)20-6)84-71-56(36-48-66-72(9,10)69-62-32-25-23-28-54(62)34-46-64(69)78(66)21-7)30-27-31-57(71)37-49-67-73(11,12)70-63-33-26-24-29-55(63)35-47-65(70)79(67)22-8/h23-26,28-29,32-49H,15-22,27,30-31,50-53H2,1-14H3/q+1. The molecule has 1 amide bonds. The molecule has 2 aliphatic heterocycles. The summed E-state index contributed by atoms with van der Waals surface area (Å²) in [6.45, 7) is 37.5. The van der Waals surface area contributed by atoms with Crippen LogP contribution in [0, 0.1) is 0 Å². The SMILES string of the molecule is CCN(CC)c1ccc(N(C(=O)COCC(C)(CC)OCCC(C)(CC)OC2=C(/C=C/C3=[N+](CC)c4ccc5ccccc5c4C3(C)C)CCC/C2=C\C=C2\N(CC)c3ccc4ccccc4c3C2(C)C)c2ccc(N(CC)CC)cc2)cc1. The molecule has 0 saturated heterocycles. The summed E-state index contributed by atoms with van der Waals surface area (Å²) < 4.78 is 23.4. The van der Waals surface area contributed by atoms with E-state index in [0.29, 0.717) is 19.4 Å². The van der Waals surface area contributed by atoms with Gasteiger partial charge in [0.1, 0.15) is 24.5 Å². The molecule has 0 aromatic heterocycles. The van der Waals surface area contributed by atoms with Crippen LogP contribution in [0.4, 0.5) is 34.1 Å². The molecule has 3 aliphatic rings. The predicted octanol–water partition coefficient (Wildman–Crippen LogP) is 17.8. The van der Waals surface area contributed by atoms with Gasteiger partial charge in [-0.15, -0.1) is 0 Å². The van der Waals surface area contributed by atoms with Crippen LogP contribution < -0.4 is 19.6 Å². The molecule has 9 heteroatoms. The minimum Gasteiger partial charge on any atom is -0.487 e. The summed E-state index contributed by atoms with van der Waals surface area (Å²) in [4.78, 5) is 23.4. The van der Waals surface area contributed by atoms with Crippen LogP contribution in [0.2, 0.25) is 0 Å². The van der Waals surface area contributed by atoms with E-state index in [9.17, 15) is 4.79 Å². The maximum Gasteiger partial charge on any atom is 0.257 e. The molecule has 0 fully saturated rings. The Labute approximate surface area is 504 Å². The van der Waals surface area contributed by atoms with E-state index >= 15 is 0 Å². The first-order valence-corrected chi connectivity index (χ1v) is 31.7. The number of anilines is 5. The zero-order valence-electron chi connectivity index (χ0n) is 53.3. The zero-order chi connectivity index (χ0) is 60.0. The van der Waals surface area contributed by atoms with Crippen molar-refractivity contribution in [3.63, 3.8) is 0 Å². The van der Waals surface area contributed by atoms with Gasteiger partial charge in [0, 0.05) is 96.4 Å². The highest BCUT2D eigenvalue weighted by atomic mass is 16.5. The molecule has 6 aromatic carbocycles. The van der Waals surface area contributed by atoms with Crippen LogP contribution in [0.5, 0.6) is 0 Å². The highest BCUT2D eigenvalue weighted by Gasteiger charge is 2.46. The second kappa shape index (κ2) is 26.1. The molecular formula is C75H96N5O4+. The van der Waals surface area contributed by atoms with Crippen LogP contribution >= 0.6 is 0 Å². The summed E-state index contributed by atoms with van der Waals surface area (Å²) in [7, 11) is 0. The number of nitrogens with zero attached hydrogens (tertiary/aromatic N) is 5. The molecule has 0 saturated carbocycles. The molecule has 0 radical (unpaired) electrons. The van der Waals surface area contributed by atoms with Gasteiger partial charge < -0.3 is 28.9 Å². The van der Waals surface area contributed by atoms with Crippen molar-refractivity contribution in [2.45, 2.75) is 157 Å². The Bertz CT molecular complexity index is 3410. The van der Waals surface area contributed by atoms with Crippen molar-refractivity contribution in [2.24, 2.45) is 0 Å². The molecule has 2 heterocycles. The largest absolute Gasteiger partial charge is 0.487 e. The molecule has 9 rings (SSSR count). The average Bonchev–Trinajstić information content (AvgIpc) is 1.88. The first-order chi connectivity index (χ1) is 40.4. The highest BCUT2D eigenvalue weighted by Crippen LogP contribution is 2.51. The number of allylic oxidation sites excluding steroid dienone is 7. The number of likely N-dealkylation sites (N-methyl/N-ethyl adjacent to an activating group) is 1. The zero-order valence-corrected chi connectivity index (χ0v) is 53.3. The van der Waals surface area contributed by atoms with Crippen molar-refractivity contribution < 1.29 is 23.6 Å². The van der Waals surface area contributed by atoms with E-state index in [4.69, 9.17) is 14.2 Å². The Kier molecular flexibility index (Phi) is 19.2. The number of fused-ring (bicyclic) bond motifs is 6. The smallest absolute Gasteiger partial charge is 0.257 e. The minimum absolute atomic E-state index is 0.0923. The van der Waals surface area contributed by atoms with Gasteiger partial charge in [0.25, 0.3) is 5.91 Å². The number of rotatable bonds is 25. The molecule has 1 aliphatic carbocycles. The van der Waals surface area contributed by atoms with E-state index in [-0.39, 0.29) is 30.0 Å². The van der Waals surface area contributed by atoms with Crippen LogP contribution in [0.25, 0.3) is 21.5 Å². The first-order valence-electron chi connectivity index (χ1n) is 31.7. The second-order valence-electron chi connectivity index (χ2n) is 24.7. The molecular weight excluding hydrogens is 1030 g/mol. The van der Waals surface area contributed by atoms with Gasteiger partial charge in [-0.2, -0.15) is 4.58 Å². The fourth-order valence-electron chi connectivity index (χ4n) is 13.4. The third-order valence-electron chi connectivity index (χ3n) is 18.8. The van der Waals surface area contributed by atoms with Gasteiger partial charge in [-0.05, 0) is 212 Å². The van der Waals surface area contributed by atoms with Crippen molar-refractivity contribution in [1.29, 1.82) is 0 Å². The third-order valence-corrected chi connectivity index (χ3v) is 18.8. The van der Waals surface area contributed by atoms with Crippen LogP contribution in [-0.2, 0) is 29.8 Å². The minimum atomic E-state index is -0.632. The summed E-state index contributed by atoms with van der Waals surface area (Å²) in [6, 6.07) is 43.4. The van der Waals surface area contributed by atoms with E-state index in [1.54, 1.807) is 4.90 Å². The number of hydrogen-bond donors (Lipinski definition) is 0. The van der Waals surface area contributed by atoms with Crippen LogP contribution in [0.3, 0.4) is 0 Å². The summed E-state index contributed by atoms with van der Waals surface area (Å²) >= 11 is 0. The number of ether oxygens (including phenoxy) is 3. The lowest BCUT2D eigenvalue weighted by Crippen LogP contribution is -2.39. The van der Waals surface area contributed by atoms with E-state index in [1.165, 1.54) is 66.6 Å². The van der Waals surface area contributed by atoms with Gasteiger partial charge >= 0.3 is 0 Å². The maximum absolute atomic E-state index is 14.5. The number of carbonyl (C=O) groups is 1. The third kappa shape index (κ3) is 12.3. The number of hydrogen-bond acceptors (Lipinski definition) is 7. The Hall–Kier alpha value is -6.94. The number of amides is 1. The van der Waals surface area contributed by atoms with Crippen LogP contribution in [-0.4, -0.2) is 86.5 Å².